The maximum absolute atomic E-state index is 12.2. The third-order valence-corrected chi connectivity index (χ3v) is 4.75. The topological polar surface area (TPSA) is 106 Å². The summed E-state index contributed by atoms with van der Waals surface area (Å²) in [5, 5.41) is 0. The highest BCUT2D eigenvalue weighted by Crippen LogP contribution is 2.18. The Morgan fingerprint density at radius 3 is 2.84 bits per heavy atom. The lowest BCUT2D eigenvalue weighted by Crippen LogP contribution is -2.38. The average molecular weight is 286 g/mol. The van der Waals surface area contributed by atoms with E-state index in [-0.39, 0.29) is 16.9 Å². The molecule has 1 aliphatic rings. The number of hydrogen-bond donors (Lipinski definition) is 3. The van der Waals surface area contributed by atoms with Crippen molar-refractivity contribution in [1.82, 2.24) is 9.71 Å². The Labute approximate surface area is 112 Å². The Kier molecular flexibility index (Phi) is 4.35. The highest BCUT2D eigenvalue weighted by Gasteiger charge is 2.26. The number of nitrogens with two attached hydrogens (primary N) is 1. The quantitative estimate of drug-likeness (QED) is 0.522. The zero-order chi connectivity index (χ0) is 13.9. The third-order valence-electron chi connectivity index (χ3n) is 3.21. The molecule has 2 heterocycles. The van der Waals surface area contributed by atoms with Gasteiger partial charge in [-0.15, -0.1) is 0 Å². The lowest BCUT2D eigenvalue weighted by molar-refractivity contribution is 0.180. The second-order valence-corrected chi connectivity index (χ2v) is 6.27. The Balaban J connectivity index is 2.08. The zero-order valence-electron chi connectivity index (χ0n) is 10.7. The molecule has 7 nitrogen and oxygen atoms in total. The molecule has 0 spiro atoms. The lowest BCUT2D eigenvalue weighted by atomic mass is 10.0. The summed E-state index contributed by atoms with van der Waals surface area (Å²) < 4.78 is 32.2. The van der Waals surface area contributed by atoms with Crippen molar-refractivity contribution in [1.29, 1.82) is 0 Å². The second kappa shape index (κ2) is 5.83. The van der Waals surface area contributed by atoms with Gasteiger partial charge in [0, 0.05) is 24.8 Å². The molecule has 106 valence electrons. The van der Waals surface area contributed by atoms with Crippen molar-refractivity contribution in [3.8, 4) is 0 Å². The van der Waals surface area contributed by atoms with Crippen molar-refractivity contribution in [3.05, 3.63) is 18.3 Å². The molecule has 0 saturated carbocycles. The van der Waals surface area contributed by atoms with E-state index in [1.807, 2.05) is 6.92 Å². The standard InChI is InChI=1S/C11H18N4O3S/c1-8(9-4-5-18-7-9)15-19(16,17)10-2-3-11(14-12)13-6-10/h2-3,6,8-9,15H,4-5,7,12H2,1H3,(H,13,14). The molecule has 1 saturated heterocycles. The Bertz CT molecular complexity index is 511. The van der Waals surface area contributed by atoms with Crippen molar-refractivity contribution in [2.75, 3.05) is 18.6 Å². The van der Waals surface area contributed by atoms with Crippen LogP contribution in [0.5, 0.6) is 0 Å². The SMILES string of the molecule is CC(NS(=O)(=O)c1ccc(NN)nc1)C1CCOC1. The Morgan fingerprint density at radius 2 is 2.32 bits per heavy atom. The number of aromatic nitrogens is 1. The number of ether oxygens (including phenoxy) is 1. The number of hydrazine groups is 1. The molecule has 0 radical (unpaired) electrons. The van der Waals surface area contributed by atoms with Crippen molar-refractivity contribution in [2.24, 2.45) is 11.8 Å². The van der Waals surface area contributed by atoms with E-state index in [1.165, 1.54) is 18.3 Å². The molecule has 8 heteroatoms. The molecular formula is C11H18N4O3S. The van der Waals surface area contributed by atoms with E-state index in [0.717, 1.165) is 6.42 Å². The smallest absolute Gasteiger partial charge is 0.242 e. The van der Waals surface area contributed by atoms with Crippen LogP contribution in [0.15, 0.2) is 23.2 Å². The molecule has 2 atom stereocenters. The molecular weight excluding hydrogens is 268 g/mol. The van der Waals surface area contributed by atoms with Crippen LogP contribution in [-0.2, 0) is 14.8 Å². The summed E-state index contributed by atoms with van der Waals surface area (Å²) in [7, 11) is -3.56. The van der Waals surface area contributed by atoms with E-state index in [4.69, 9.17) is 10.6 Å². The van der Waals surface area contributed by atoms with Crippen LogP contribution in [0, 0.1) is 5.92 Å². The minimum Gasteiger partial charge on any atom is -0.381 e. The number of nitrogens with one attached hydrogen (secondary N) is 2. The van der Waals surface area contributed by atoms with E-state index in [2.05, 4.69) is 15.1 Å². The number of pyridine rings is 1. The van der Waals surface area contributed by atoms with Gasteiger partial charge in [-0.1, -0.05) is 0 Å². The third kappa shape index (κ3) is 3.41. The van der Waals surface area contributed by atoms with E-state index in [1.54, 1.807) is 0 Å². The summed E-state index contributed by atoms with van der Waals surface area (Å²) in [6.45, 7) is 3.13. The van der Waals surface area contributed by atoms with E-state index in [9.17, 15) is 8.42 Å². The van der Waals surface area contributed by atoms with Crippen LogP contribution in [0.1, 0.15) is 13.3 Å². The van der Waals surface area contributed by atoms with Gasteiger partial charge in [0.05, 0.1) is 6.61 Å². The molecule has 0 aliphatic carbocycles. The van der Waals surface area contributed by atoms with Crippen molar-refractivity contribution in [3.63, 3.8) is 0 Å². The monoisotopic (exact) mass is 286 g/mol. The number of nitrogens with zero attached hydrogens (tertiary/aromatic N) is 1. The summed E-state index contributed by atoms with van der Waals surface area (Å²) in [6.07, 6.45) is 2.15. The van der Waals surface area contributed by atoms with Gasteiger partial charge in [0.15, 0.2) is 0 Å². The van der Waals surface area contributed by atoms with Gasteiger partial charge in [-0.05, 0) is 25.5 Å². The molecule has 1 aromatic rings. The van der Waals surface area contributed by atoms with Crippen LogP contribution in [0.2, 0.25) is 0 Å². The first-order chi connectivity index (χ1) is 9.03. The molecule has 19 heavy (non-hydrogen) atoms. The van der Waals surface area contributed by atoms with Gasteiger partial charge in [0.2, 0.25) is 10.0 Å². The highest BCUT2D eigenvalue weighted by molar-refractivity contribution is 7.89. The number of sulfonamides is 1. The molecule has 1 fully saturated rings. The predicted molar refractivity (Wildman–Crippen MR) is 70.8 cm³/mol. The first kappa shape index (κ1) is 14.2. The summed E-state index contributed by atoms with van der Waals surface area (Å²) in [4.78, 5) is 4.01. The summed E-state index contributed by atoms with van der Waals surface area (Å²) >= 11 is 0. The van der Waals surface area contributed by atoms with Gasteiger partial charge in [0.1, 0.15) is 10.7 Å². The first-order valence-electron chi connectivity index (χ1n) is 6.05. The molecule has 4 N–H and O–H groups in total. The van der Waals surface area contributed by atoms with Crippen molar-refractivity contribution in [2.45, 2.75) is 24.3 Å². The second-order valence-electron chi connectivity index (χ2n) is 4.56. The maximum Gasteiger partial charge on any atom is 0.242 e. The fourth-order valence-electron chi connectivity index (χ4n) is 1.98. The average Bonchev–Trinajstić information content (AvgIpc) is 2.92. The minimum atomic E-state index is -3.56. The van der Waals surface area contributed by atoms with Crippen LogP contribution in [0.4, 0.5) is 5.82 Å². The van der Waals surface area contributed by atoms with E-state index in [0.29, 0.717) is 19.0 Å². The number of rotatable bonds is 5. The lowest BCUT2D eigenvalue weighted by Gasteiger charge is -2.19. The van der Waals surface area contributed by atoms with Gasteiger partial charge in [0.25, 0.3) is 0 Å². The number of nitrogen functional groups attached to an aromatic ring is 1. The summed E-state index contributed by atoms with van der Waals surface area (Å²) in [6, 6.07) is 2.81. The summed E-state index contributed by atoms with van der Waals surface area (Å²) in [5.41, 5.74) is 2.35. The Morgan fingerprint density at radius 1 is 1.53 bits per heavy atom. The Hall–Kier alpha value is -1.22. The molecule has 2 rings (SSSR count). The van der Waals surface area contributed by atoms with Gasteiger partial charge < -0.3 is 10.2 Å². The zero-order valence-corrected chi connectivity index (χ0v) is 11.5. The molecule has 0 aromatic carbocycles. The number of anilines is 1. The first-order valence-corrected chi connectivity index (χ1v) is 7.54. The van der Waals surface area contributed by atoms with Crippen LogP contribution >= 0.6 is 0 Å². The predicted octanol–water partition coefficient (Wildman–Crippen LogP) is 0.0705. The van der Waals surface area contributed by atoms with Crippen LogP contribution in [0.3, 0.4) is 0 Å². The summed E-state index contributed by atoms with van der Waals surface area (Å²) in [5.74, 6) is 5.81. The molecule has 1 aliphatic heterocycles. The fourth-order valence-corrected chi connectivity index (χ4v) is 3.24. The van der Waals surface area contributed by atoms with Gasteiger partial charge in [-0.3, -0.25) is 0 Å². The molecule has 1 aromatic heterocycles. The van der Waals surface area contributed by atoms with Crippen LogP contribution in [0.25, 0.3) is 0 Å². The van der Waals surface area contributed by atoms with Gasteiger partial charge in [-0.25, -0.2) is 24.0 Å². The van der Waals surface area contributed by atoms with Crippen molar-refractivity contribution >= 4 is 15.8 Å². The van der Waals surface area contributed by atoms with Gasteiger partial charge >= 0.3 is 0 Å². The molecule has 0 amide bonds. The van der Waals surface area contributed by atoms with Gasteiger partial charge in [-0.2, -0.15) is 0 Å². The fraction of sp³-hybridized carbons (Fsp3) is 0.545. The van der Waals surface area contributed by atoms with Crippen LogP contribution in [-0.4, -0.2) is 32.7 Å². The van der Waals surface area contributed by atoms with E-state index < -0.39 is 10.0 Å². The molecule has 0 bridgehead atoms. The maximum atomic E-state index is 12.2. The molecule has 2 unspecified atom stereocenters. The number of hydrogen-bond acceptors (Lipinski definition) is 6. The van der Waals surface area contributed by atoms with Crippen LogP contribution < -0.4 is 16.0 Å². The largest absolute Gasteiger partial charge is 0.381 e. The highest BCUT2D eigenvalue weighted by atomic mass is 32.2. The minimum absolute atomic E-state index is 0.122. The van der Waals surface area contributed by atoms with E-state index >= 15 is 0 Å². The normalized spacial score (nSPS) is 21.3. The van der Waals surface area contributed by atoms with Crippen molar-refractivity contribution < 1.29 is 13.2 Å².